The molecule has 0 saturated carbocycles. The summed E-state index contributed by atoms with van der Waals surface area (Å²) in [5.74, 6) is 0.165. The van der Waals surface area contributed by atoms with Crippen molar-refractivity contribution in [3.8, 4) is 0 Å². The van der Waals surface area contributed by atoms with Crippen molar-refractivity contribution in [2.24, 2.45) is 13.0 Å². The minimum Gasteiger partial charge on any atom is -0.288 e. The van der Waals surface area contributed by atoms with Gasteiger partial charge in [0.25, 0.3) is 0 Å². The maximum Gasteiger partial charge on any atom is 0.200 e. The highest BCUT2D eigenvalue weighted by Crippen LogP contribution is 2.34. The standard InChI is InChI=1S/C20H22N2O2/c1-13(2)9-10-15-11-16(19(23)14-7-5-4-6-8-14)20(24)17-12-22(3)21-18(15)17/h4-8,11-13,15H,9-10H2,1-3H3/t15-/m0/s1. The number of allylic oxidation sites excluding steroid dienone is 2. The lowest BCUT2D eigenvalue weighted by molar-refractivity contribution is 0.0958. The number of carbonyl (C=O) groups excluding carboxylic acids is 2. The van der Waals surface area contributed by atoms with Gasteiger partial charge < -0.3 is 0 Å². The second-order valence-electron chi connectivity index (χ2n) is 6.78. The first-order valence-electron chi connectivity index (χ1n) is 8.37. The molecule has 4 nitrogen and oxygen atoms in total. The van der Waals surface area contributed by atoms with Crippen LogP contribution < -0.4 is 0 Å². The Morgan fingerprint density at radius 2 is 1.96 bits per heavy atom. The summed E-state index contributed by atoms with van der Waals surface area (Å²) in [7, 11) is 1.81. The second-order valence-corrected chi connectivity index (χ2v) is 6.78. The average Bonchev–Trinajstić information content (AvgIpc) is 2.96. The molecule has 0 N–H and O–H groups in total. The third kappa shape index (κ3) is 3.09. The van der Waals surface area contributed by atoms with Crippen LogP contribution in [0, 0.1) is 5.92 Å². The Balaban J connectivity index is 1.99. The molecule has 0 radical (unpaired) electrons. The largest absolute Gasteiger partial charge is 0.288 e. The van der Waals surface area contributed by atoms with Gasteiger partial charge in [0.05, 0.1) is 16.8 Å². The molecule has 0 unspecified atom stereocenters. The van der Waals surface area contributed by atoms with E-state index in [9.17, 15) is 9.59 Å². The highest BCUT2D eigenvalue weighted by atomic mass is 16.1. The molecule has 1 aromatic carbocycles. The number of fused-ring (bicyclic) bond motifs is 1. The fraction of sp³-hybridized carbons (Fsp3) is 0.350. The zero-order valence-corrected chi connectivity index (χ0v) is 14.3. The van der Waals surface area contributed by atoms with Crippen molar-refractivity contribution in [1.29, 1.82) is 0 Å². The molecule has 2 aromatic rings. The summed E-state index contributed by atoms with van der Waals surface area (Å²) in [5.41, 5.74) is 2.18. The van der Waals surface area contributed by atoms with Gasteiger partial charge in [0.1, 0.15) is 0 Å². The molecule has 0 saturated heterocycles. The molecule has 3 rings (SSSR count). The van der Waals surface area contributed by atoms with Crippen molar-refractivity contribution in [3.05, 3.63) is 65.0 Å². The summed E-state index contributed by atoms with van der Waals surface area (Å²) in [6.45, 7) is 4.35. The normalized spacial score (nSPS) is 16.9. The Hall–Kier alpha value is -2.49. The Morgan fingerprint density at radius 1 is 1.25 bits per heavy atom. The molecule has 1 heterocycles. The molecule has 0 spiro atoms. The maximum absolute atomic E-state index is 12.8. The van der Waals surface area contributed by atoms with E-state index in [1.54, 1.807) is 23.0 Å². The smallest absolute Gasteiger partial charge is 0.200 e. The molecule has 1 aromatic heterocycles. The Kier molecular flexibility index (Phi) is 4.47. The van der Waals surface area contributed by atoms with E-state index >= 15 is 0 Å². The number of hydrogen-bond acceptors (Lipinski definition) is 3. The average molecular weight is 322 g/mol. The highest BCUT2D eigenvalue weighted by molar-refractivity contribution is 6.31. The molecular formula is C20H22N2O2. The Morgan fingerprint density at radius 3 is 2.62 bits per heavy atom. The molecule has 124 valence electrons. The fourth-order valence-corrected chi connectivity index (χ4v) is 3.11. The Labute approximate surface area is 142 Å². The van der Waals surface area contributed by atoms with E-state index in [0.717, 1.165) is 18.5 Å². The van der Waals surface area contributed by atoms with Gasteiger partial charge in [-0.05, 0) is 12.3 Å². The first-order chi connectivity index (χ1) is 11.5. The van der Waals surface area contributed by atoms with Crippen LogP contribution in [0.25, 0.3) is 0 Å². The van der Waals surface area contributed by atoms with Gasteiger partial charge in [-0.15, -0.1) is 0 Å². The van der Waals surface area contributed by atoms with Crippen LogP contribution in [0.3, 0.4) is 0 Å². The predicted molar refractivity (Wildman–Crippen MR) is 93.2 cm³/mol. The van der Waals surface area contributed by atoms with Gasteiger partial charge >= 0.3 is 0 Å². The van der Waals surface area contributed by atoms with E-state index in [-0.39, 0.29) is 23.1 Å². The molecule has 24 heavy (non-hydrogen) atoms. The van der Waals surface area contributed by atoms with Crippen LogP contribution in [-0.4, -0.2) is 21.3 Å². The summed E-state index contributed by atoms with van der Waals surface area (Å²) in [5, 5.41) is 4.47. The quantitative estimate of drug-likeness (QED) is 0.619. The van der Waals surface area contributed by atoms with E-state index in [0.29, 0.717) is 17.0 Å². The van der Waals surface area contributed by atoms with Crippen LogP contribution in [0.2, 0.25) is 0 Å². The first-order valence-corrected chi connectivity index (χ1v) is 8.37. The fourth-order valence-electron chi connectivity index (χ4n) is 3.11. The van der Waals surface area contributed by atoms with Crippen LogP contribution in [0.1, 0.15) is 59.0 Å². The van der Waals surface area contributed by atoms with Crippen LogP contribution in [0.15, 0.2) is 48.2 Å². The van der Waals surface area contributed by atoms with Crippen molar-refractivity contribution in [1.82, 2.24) is 9.78 Å². The number of aromatic nitrogens is 2. The van der Waals surface area contributed by atoms with Gasteiger partial charge in [0, 0.05) is 24.7 Å². The van der Waals surface area contributed by atoms with Gasteiger partial charge in [-0.3, -0.25) is 14.3 Å². The number of benzene rings is 1. The summed E-state index contributed by atoms with van der Waals surface area (Å²) in [6.07, 6.45) is 5.47. The minimum atomic E-state index is -0.215. The third-order valence-corrected chi connectivity index (χ3v) is 4.40. The van der Waals surface area contributed by atoms with Gasteiger partial charge in [-0.2, -0.15) is 5.10 Å². The summed E-state index contributed by atoms with van der Waals surface area (Å²) >= 11 is 0. The zero-order chi connectivity index (χ0) is 17.3. The number of hydrogen-bond donors (Lipinski definition) is 0. The van der Waals surface area contributed by atoms with Crippen LogP contribution in [0.5, 0.6) is 0 Å². The number of aryl methyl sites for hydroxylation is 1. The molecule has 0 fully saturated rings. The Bertz CT molecular complexity index is 800. The number of Topliss-reactive ketones (excluding diaryl/α,β-unsaturated/α-hetero) is 2. The van der Waals surface area contributed by atoms with Crippen LogP contribution in [0.4, 0.5) is 0 Å². The number of carbonyl (C=O) groups is 2. The monoisotopic (exact) mass is 322 g/mol. The lowest BCUT2D eigenvalue weighted by atomic mass is 9.82. The highest BCUT2D eigenvalue weighted by Gasteiger charge is 2.33. The van der Waals surface area contributed by atoms with Crippen molar-refractivity contribution < 1.29 is 9.59 Å². The van der Waals surface area contributed by atoms with Gasteiger partial charge in [0.2, 0.25) is 0 Å². The van der Waals surface area contributed by atoms with Crippen LogP contribution in [-0.2, 0) is 7.05 Å². The van der Waals surface area contributed by atoms with Crippen molar-refractivity contribution >= 4 is 11.6 Å². The topological polar surface area (TPSA) is 52.0 Å². The van der Waals surface area contributed by atoms with E-state index in [1.165, 1.54) is 0 Å². The number of nitrogens with zero attached hydrogens (tertiary/aromatic N) is 2. The minimum absolute atomic E-state index is 0.0176. The predicted octanol–water partition coefficient (Wildman–Crippen LogP) is 3.95. The van der Waals surface area contributed by atoms with Gasteiger partial charge in [0.15, 0.2) is 11.6 Å². The van der Waals surface area contributed by atoms with E-state index in [1.807, 2.05) is 31.3 Å². The molecule has 1 aliphatic carbocycles. The van der Waals surface area contributed by atoms with Crippen molar-refractivity contribution in [2.45, 2.75) is 32.6 Å². The molecule has 0 amide bonds. The maximum atomic E-state index is 12.8. The lowest BCUT2D eigenvalue weighted by Crippen LogP contribution is -2.21. The first kappa shape index (κ1) is 16.4. The summed E-state index contributed by atoms with van der Waals surface area (Å²) in [4.78, 5) is 25.6. The van der Waals surface area contributed by atoms with Gasteiger partial charge in [-0.1, -0.05) is 56.7 Å². The summed E-state index contributed by atoms with van der Waals surface area (Å²) in [6, 6.07) is 8.98. The molecule has 0 bridgehead atoms. The van der Waals surface area contributed by atoms with Gasteiger partial charge in [-0.25, -0.2) is 0 Å². The zero-order valence-electron chi connectivity index (χ0n) is 14.3. The SMILES string of the molecule is CC(C)CC[C@H]1C=C(C(=O)c2ccccc2)C(=O)c2cn(C)nc21. The van der Waals surface area contributed by atoms with Crippen molar-refractivity contribution in [3.63, 3.8) is 0 Å². The molecule has 1 aliphatic rings. The third-order valence-electron chi connectivity index (χ3n) is 4.40. The summed E-state index contributed by atoms with van der Waals surface area (Å²) < 4.78 is 1.66. The molecular weight excluding hydrogens is 300 g/mol. The lowest BCUT2D eigenvalue weighted by Gasteiger charge is -2.20. The molecule has 4 heteroatoms. The van der Waals surface area contributed by atoms with Crippen molar-refractivity contribution in [2.75, 3.05) is 0 Å². The van der Waals surface area contributed by atoms with E-state index < -0.39 is 0 Å². The second kappa shape index (κ2) is 6.56. The molecule has 0 aliphatic heterocycles. The van der Waals surface area contributed by atoms with E-state index in [4.69, 9.17) is 0 Å². The van der Waals surface area contributed by atoms with E-state index in [2.05, 4.69) is 18.9 Å². The number of rotatable bonds is 5. The van der Waals surface area contributed by atoms with Crippen LogP contribution >= 0.6 is 0 Å². The number of ketones is 2. The molecule has 1 atom stereocenters.